The molecule has 1 N–H and O–H groups in total. The monoisotopic (exact) mass is 286 g/mol. The number of aromatic hydroxyl groups is 1. The Labute approximate surface area is 115 Å². The van der Waals surface area contributed by atoms with Crippen molar-refractivity contribution in [2.24, 2.45) is 0 Å². The minimum atomic E-state index is -0.481. The number of ether oxygens (including phenoxy) is 1. The fraction of sp³-hybridized carbons (Fsp3) is 0.462. The van der Waals surface area contributed by atoms with Crippen LogP contribution in [0.2, 0.25) is 10.0 Å². The van der Waals surface area contributed by atoms with Gasteiger partial charge in [0.05, 0.1) is 17.7 Å². The molecule has 2 aliphatic rings. The van der Waals surface area contributed by atoms with E-state index in [1.165, 1.54) is 7.11 Å². The maximum Gasteiger partial charge on any atom is 0.339 e. The number of phenols is 1. The molecule has 0 radical (unpaired) electrons. The molecular formula is C13H12Cl2O3. The van der Waals surface area contributed by atoms with Crippen LogP contribution in [0.5, 0.6) is 5.75 Å². The highest BCUT2D eigenvalue weighted by Gasteiger charge is 2.43. The van der Waals surface area contributed by atoms with Crippen LogP contribution in [-0.2, 0) is 4.74 Å². The summed E-state index contributed by atoms with van der Waals surface area (Å²) >= 11 is 12.1. The molecule has 0 spiro atoms. The van der Waals surface area contributed by atoms with Gasteiger partial charge in [0.15, 0.2) is 0 Å². The Morgan fingerprint density at radius 2 is 1.83 bits per heavy atom. The number of esters is 1. The second-order valence-electron chi connectivity index (χ2n) is 4.88. The Bertz CT molecular complexity index is 554. The topological polar surface area (TPSA) is 46.5 Å². The molecule has 0 aromatic heterocycles. The average molecular weight is 287 g/mol. The summed E-state index contributed by atoms with van der Waals surface area (Å²) in [5.41, 5.74) is 2.00. The lowest BCUT2D eigenvalue weighted by atomic mass is 9.87. The van der Waals surface area contributed by atoms with Crippen molar-refractivity contribution < 1.29 is 14.6 Å². The maximum absolute atomic E-state index is 11.9. The van der Waals surface area contributed by atoms with Crippen molar-refractivity contribution in [1.29, 1.82) is 0 Å². The van der Waals surface area contributed by atoms with Gasteiger partial charge in [-0.25, -0.2) is 4.79 Å². The molecule has 3 rings (SSSR count). The van der Waals surface area contributed by atoms with Crippen molar-refractivity contribution in [3.63, 3.8) is 0 Å². The minimum Gasteiger partial charge on any atom is -0.506 e. The summed E-state index contributed by atoms with van der Waals surface area (Å²) in [4.78, 5) is 11.9. The average Bonchev–Trinajstić information content (AvgIpc) is 2.96. The van der Waals surface area contributed by atoms with E-state index in [1.54, 1.807) is 0 Å². The lowest BCUT2D eigenvalue weighted by molar-refractivity contribution is 0.0599. The highest BCUT2D eigenvalue weighted by Crippen LogP contribution is 2.59. The molecule has 0 amide bonds. The van der Waals surface area contributed by atoms with E-state index in [0.29, 0.717) is 17.4 Å². The predicted molar refractivity (Wildman–Crippen MR) is 68.8 cm³/mol. The molecule has 1 saturated carbocycles. The second-order valence-corrected chi connectivity index (χ2v) is 5.63. The molecule has 2 bridgehead atoms. The van der Waals surface area contributed by atoms with Gasteiger partial charge in [0.2, 0.25) is 0 Å². The summed E-state index contributed by atoms with van der Waals surface area (Å²) in [7, 11) is 1.32. The molecule has 2 atom stereocenters. The van der Waals surface area contributed by atoms with E-state index in [4.69, 9.17) is 27.9 Å². The second kappa shape index (κ2) is 4.04. The fourth-order valence-corrected chi connectivity index (χ4v) is 3.82. The van der Waals surface area contributed by atoms with Gasteiger partial charge in [0, 0.05) is 5.56 Å². The first-order valence-corrected chi connectivity index (χ1v) is 6.63. The molecule has 1 aromatic rings. The van der Waals surface area contributed by atoms with E-state index in [-0.39, 0.29) is 15.8 Å². The standard InChI is InChI=1S/C13H12Cl2O3/c1-18-13(17)9-7-5-2-3-6(4-5)8(7)12(16)11(15)10(9)14/h5-6,16H,2-4H2,1H3. The lowest BCUT2D eigenvalue weighted by Gasteiger charge is -2.21. The van der Waals surface area contributed by atoms with Crippen LogP contribution >= 0.6 is 23.2 Å². The largest absolute Gasteiger partial charge is 0.506 e. The van der Waals surface area contributed by atoms with Crippen LogP contribution in [0.15, 0.2) is 0 Å². The first-order valence-electron chi connectivity index (χ1n) is 5.88. The van der Waals surface area contributed by atoms with Gasteiger partial charge < -0.3 is 9.84 Å². The highest BCUT2D eigenvalue weighted by molar-refractivity contribution is 6.45. The van der Waals surface area contributed by atoms with Crippen LogP contribution in [0.1, 0.15) is 52.6 Å². The normalized spacial score (nSPS) is 24.2. The number of phenolic OH excluding ortho intramolecular Hbond substituents is 1. The van der Waals surface area contributed by atoms with E-state index in [1.807, 2.05) is 0 Å². The van der Waals surface area contributed by atoms with Gasteiger partial charge in [-0.2, -0.15) is 0 Å². The number of halogens is 2. The number of hydrogen-bond donors (Lipinski definition) is 1. The van der Waals surface area contributed by atoms with Gasteiger partial charge >= 0.3 is 5.97 Å². The van der Waals surface area contributed by atoms with Crippen LogP contribution in [0.4, 0.5) is 0 Å². The van der Waals surface area contributed by atoms with E-state index < -0.39 is 5.97 Å². The van der Waals surface area contributed by atoms with Gasteiger partial charge in [-0.1, -0.05) is 23.2 Å². The zero-order valence-corrected chi connectivity index (χ0v) is 11.3. The number of methoxy groups -OCH3 is 1. The zero-order valence-electron chi connectivity index (χ0n) is 9.80. The summed E-state index contributed by atoms with van der Waals surface area (Å²) in [6, 6.07) is 0. The Kier molecular flexibility index (Phi) is 2.72. The van der Waals surface area contributed by atoms with Crippen molar-refractivity contribution in [3.8, 4) is 5.75 Å². The zero-order chi connectivity index (χ0) is 13.0. The Morgan fingerprint density at radius 1 is 1.22 bits per heavy atom. The van der Waals surface area contributed by atoms with Gasteiger partial charge in [0.1, 0.15) is 10.8 Å². The molecule has 3 nitrogen and oxygen atoms in total. The number of rotatable bonds is 1. The fourth-order valence-electron chi connectivity index (χ4n) is 3.36. The molecule has 2 aliphatic carbocycles. The molecule has 0 saturated heterocycles. The molecule has 5 heteroatoms. The minimum absolute atomic E-state index is 0.0384. The summed E-state index contributed by atoms with van der Waals surface area (Å²) in [6.45, 7) is 0. The van der Waals surface area contributed by atoms with Crippen LogP contribution < -0.4 is 0 Å². The molecule has 96 valence electrons. The Hall–Kier alpha value is -0.930. The molecule has 18 heavy (non-hydrogen) atoms. The first kappa shape index (κ1) is 12.1. The highest BCUT2D eigenvalue weighted by atomic mass is 35.5. The van der Waals surface area contributed by atoms with Crippen molar-refractivity contribution >= 4 is 29.2 Å². The van der Waals surface area contributed by atoms with E-state index in [2.05, 4.69) is 0 Å². The molecular weight excluding hydrogens is 275 g/mol. The van der Waals surface area contributed by atoms with E-state index >= 15 is 0 Å². The molecule has 0 aliphatic heterocycles. The van der Waals surface area contributed by atoms with Crippen molar-refractivity contribution in [2.45, 2.75) is 31.1 Å². The maximum atomic E-state index is 11.9. The van der Waals surface area contributed by atoms with Crippen LogP contribution in [0.25, 0.3) is 0 Å². The third-order valence-electron chi connectivity index (χ3n) is 4.07. The molecule has 1 fully saturated rings. The SMILES string of the molecule is COC(=O)c1c(Cl)c(Cl)c(O)c2c1C1CCC2C1. The quantitative estimate of drug-likeness (QED) is 0.798. The molecule has 0 heterocycles. The number of benzene rings is 1. The molecule has 1 aromatic carbocycles. The third kappa shape index (κ3) is 1.41. The van der Waals surface area contributed by atoms with Crippen LogP contribution in [0, 0.1) is 0 Å². The molecule has 2 unspecified atom stereocenters. The van der Waals surface area contributed by atoms with Crippen LogP contribution in [-0.4, -0.2) is 18.2 Å². The summed E-state index contributed by atoms with van der Waals surface area (Å²) in [6.07, 6.45) is 3.02. The predicted octanol–water partition coefficient (Wildman–Crippen LogP) is 3.85. The van der Waals surface area contributed by atoms with Gasteiger partial charge in [-0.15, -0.1) is 0 Å². The van der Waals surface area contributed by atoms with Crippen molar-refractivity contribution in [2.75, 3.05) is 7.11 Å². The van der Waals surface area contributed by atoms with E-state index in [0.717, 1.165) is 30.4 Å². The van der Waals surface area contributed by atoms with Crippen LogP contribution in [0.3, 0.4) is 0 Å². The third-order valence-corrected chi connectivity index (χ3v) is 4.92. The summed E-state index contributed by atoms with van der Waals surface area (Å²) in [5.74, 6) is 0.144. The number of fused-ring (bicyclic) bond motifs is 5. The van der Waals surface area contributed by atoms with Crippen molar-refractivity contribution in [1.82, 2.24) is 0 Å². The van der Waals surface area contributed by atoms with Gasteiger partial charge in [-0.3, -0.25) is 0 Å². The summed E-state index contributed by atoms with van der Waals surface area (Å²) in [5, 5.41) is 10.3. The lowest BCUT2D eigenvalue weighted by Crippen LogP contribution is -2.11. The number of carbonyl (C=O) groups is 1. The smallest absolute Gasteiger partial charge is 0.339 e. The van der Waals surface area contributed by atoms with Gasteiger partial charge in [0.25, 0.3) is 0 Å². The van der Waals surface area contributed by atoms with E-state index in [9.17, 15) is 9.90 Å². The first-order chi connectivity index (χ1) is 8.56. The Balaban J connectivity index is 2.33. The summed E-state index contributed by atoms with van der Waals surface area (Å²) < 4.78 is 4.78. The number of hydrogen-bond acceptors (Lipinski definition) is 3. The van der Waals surface area contributed by atoms with Crippen molar-refractivity contribution in [3.05, 3.63) is 26.7 Å². The number of carbonyl (C=O) groups excluding carboxylic acids is 1. The van der Waals surface area contributed by atoms with Gasteiger partial charge in [-0.05, 0) is 36.7 Å². The Morgan fingerprint density at radius 3 is 2.44 bits per heavy atom.